The van der Waals surface area contributed by atoms with E-state index >= 15 is 0 Å². The Bertz CT molecular complexity index is 354. The first-order valence-corrected chi connectivity index (χ1v) is 5.70. The molecule has 0 fully saturated rings. The van der Waals surface area contributed by atoms with Crippen LogP contribution in [0, 0.1) is 0 Å². The molecule has 0 saturated carbocycles. The van der Waals surface area contributed by atoms with Crippen LogP contribution in [0.3, 0.4) is 0 Å². The van der Waals surface area contributed by atoms with Crippen LogP contribution in [-0.2, 0) is 12.8 Å². The first-order valence-electron chi connectivity index (χ1n) is 5.70. The summed E-state index contributed by atoms with van der Waals surface area (Å²) in [6, 6.07) is 9.42. The van der Waals surface area contributed by atoms with Gasteiger partial charge in [0.1, 0.15) is 0 Å². The molecule has 1 aromatic carbocycles. The van der Waals surface area contributed by atoms with Gasteiger partial charge in [-0.15, -0.1) is 0 Å². The van der Waals surface area contributed by atoms with E-state index in [1.165, 1.54) is 36.0 Å². The molecule has 1 N–H and O–H groups in total. The Labute approximate surface area is 92.2 Å². The number of fused-ring (bicyclic) bond motifs is 1. The summed E-state index contributed by atoms with van der Waals surface area (Å²) in [6.45, 7) is 6.95. The lowest BCUT2D eigenvalue weighted by atomic mass is 9.88. The third-order valence-electron chi connectivity index (χ3n) is 3.04. The van der Waals surface area contributed by atoms with Crippen LogP contribution < -0.4 is 5.32 Å². The highest BCUT2D eigenvalue weighted by Crippen LogP contribution is 2.20. The van der Waals surface area contributed by atoms with E-state index in [4.69, 9.17) is 0 Å². The Morgan fingerprint density at radius 1 is 1.40 bits per heavy atom. The number of hydrogen-bond donors (Lipinski definition) is 1. The van der Waals surface area contributed by atoms with Crippen molar-refractivity contribution >= 4 is 0 Å². The quantitative estimate of drug-likeness (QED) is 0.741. The van der Waals surface area contributed by atoms with E-state index < -0.39 is 0 Å². The highest BCUT2D eigenvalue weighted by Gasteiger charge is 2.16. The van der Waals surface area contributed by atoms with Gasteiger partial charge in [-0.05, 0) is 37.3 Å². The molecule has 1 aliphatic carbocycles. The van der Waals surface area contributed by atoms with Gasteiger partial charge < -0.3 is 5.32 Å². The summed E-state index contributed by atoms with van der Waals surface area (Å²) in [5.41, 5.74) is 4.27. The number of hydrogen-bond acceptors (Lipinski definition) is 1. The zero-order valence-corrected chi connectivity index (χ0v) is 9.42. The molecule has 1 unspecified atom stereocenters. The summed E-state index contributed by atoms with van der Waals surface area (Å²) in [4.78, 5) is 0. The summed E-state index contributed by atoms with van der Waals surface area (Å²) in [5, 5.41) is 3.56. The normalized spacial score (nSPS) is 19.7. The van der Waals surface area contributed by atoms with Crippen molar-refractivity contribution in [3.05, 3.63) is 47.5 Å². The van der Waals surface area contributed by atoms with Crippen LogP contribution in [-0.4, -0.2) is 12.6 Å². The van der Waals surface area contributed by atoms with Crippen molar-refractivity contribution in [3.8, 4) is 0 Å². The molecule has 0 amide bonds. The Morgan fingerprint density at radius 2 is 2.13 bits per heavy atom. The SMILES string of the molecule is C=C(C)CNC1CCc2ccccc2C1. The van der Waals surface area contributed by atoms with E-state index in [9.17, 15) is 0 Å². The van der Waals surface area contributed by atoms with Crippen molar-refractivity contribution in [1.82, 2.24) is 5.32 Å². The maximum absolute atomic E-state index is 3.92. The van der Waals surface area contributed by atoms with Gasteiger partial charge in [0.25, 0.3) is 0 Å². The summed E-state index contributed by atoms with van der Waals surface area (Å²) < 4.78 is 0. The number of benzene rings is 1. The molecule has 0 radical (unpaired) electrons. The van der Waals surface area contributed by atoms with Crippen molar-refractivity contribution in [2.75, 3.05) is 6.54 Å². The van der Waals surface area contributed by atoms with Gasteiger partial charge in [-0.2, -0.15) is 0 Å². The topological polar surface area (TPSA) is 12.0 Å². The van der Waals surface area contributed by atoms with Gasteiger partial charge >= 0.3 is 0 Å². The van der Waals surface area contributed by atoms with Crippen LogP contribution in [0.4, 0.5) is 0 Å². The average molecular weight is 201 g/mol. The predicted octanol–water partition coefficient (Wildman–Crippen LogP) is 2.71. The summed E-state index contributed by atoms with van der Waals surface area (Å²) in [6.07, 6.45) is 3.64. The first-order chi connectivity index (χ1) is 7.25. The predicted molar refractivity (Wildman–Crippen MR) is 65.1 cm³/mol. The lowest BCUT2D eigenvalue weighted by Crippen LogP contribution is -2.35. The molecule has 2 rings (SSSR count). The van der Waals surface area contributed by atoms with Gasteiger partial charge in [0, 0.05) is 12.6 Å². The molecule has 80 valence electrons. The Balaban J connectivity index is 1.96. The van der Waals surface area contributed by atoms with Crippen LogP contribution in [0.5, 0.6) is 0 Å². The minimum Gasteiger partial charge on any atom is -0.310 e. The van der Waals surface area contributed by atoms with Gasteiger partial charge in [-0.3, -0.25) is 0 Å². The van der Waals surface area contributed by atoms with Gasteiger partial charge in [-0.1, -0.05) is 36.4 Å². The minimum atomic E-state index is 0.636. The minimum absolute atomic E-state index is 0.636. The van der Waals surface area contributed by atoms with Crippen molar-refractivity contribution in [2.45, 2.75) is 32.2 Å². The van der Waals surface area contributed by atoms with Crippen LogP contribution >= 0.6 is 0 Å². The third-order valence-corrected chi connectivity index (χ3v) is 3.04. The molecule has 0 saturated heterocycles. The van der Waals surface area contributed by atoms with E-state index in [0.29, 0.717) is 6.04 Å². The maximum Gasteiger partial charge on any atom is 0.0161 e. The molecule has 0 bridgehead atoms. The molecule has 15 heavy (non-hydrogen) atoms. The second-order valence-electron chi connectivity index (χ2n) is 4.55. The van der Waals surface area contributed by atoms with Crippen LogP contribution in [0.2, 0.25) is 0 Å². The lowest BCUT2D eigenvalue weighted by molar-refractivity contribution is 0.475. The average Bonchev–Trinajstić information content (AvgIpc) is 2.26. The van der Waals surface area contributed by atoms with E-state index in [1.807, 2.05) is 0 Å². The largest absolute Gasteiger partial charge is 0.310 e. The summed E-state index contributed by atoms with van der Waals surface area (Å²) in [7, 11) is 0. The fourth-order valence-corrected chi connectivity index (χ4v) is 2.19. The highest BCUT2D eigenvalue weighted by atomic mass is 14.9. The highest BCUT2D eigenvalue weighted by molar-refractivity contribution is 5.30. The van der Waals surface area contributed by atoms with Gasteiger partial charge in [-0.25, -0.2) is 0 Å². The van der Waals surface area contributed by atoms with Crippen LogP contribution in [0.25, 0.3) is 0 Å². The van der Waals surface area contributed by atoms with Gasteiger partial charge in [0.2, 0.25) is 0 Å². The van der Waals surface area contributed by atoms with Crippen LogP contribution in [0.1, 0.15) is 24.5 Å². The standard InChI is InChI=1S/C14H19N/c1-11(2)10-15-14-8-7-12-5-3-4-6-13(12)9-14/h3-6,14-15H,1,7-10H2,2H3. The van der Waals surface area contributed by atoms with Gasteiger partial charge in [0.05, 0.1) is 0 Å². The molecule has 1 heteroatoms. The zero-order valence-electron chi connectivity index (χ0n) is 9.42. The van der Waals surface area contributed by atoms with E-state index in [-0.39, 0.29) is 0 Å². The molecule has 1 atom stereocenters. The number of aryl methyl sites for hydroxylation is 1. The maximum atomic E-state index is 3.92. The van der Waals surface area contributed by atoms with E-state index in [0.717, 1.165) is 6.54 Å². The summed E-state index contributed by atoms with van der Waals surface area (Å²) in [5.74, 6) is 0. The fraction of sp³-hybridized carbons (Fsp3) is 0.429. The molecule has 1 aliphatic rings. The second kappa shape index (κ2) is 4.63. The molecular weight excluding hydrogens is 182 g/mol. The Morgan fingerprint density at radius 3 is 2.87 bits per heavy atom. The molecule has 1 aromatic rings. The third kappa shape index (κ3) is 2.69. The van der Waals surface area contributed by atoms with Crippen LogP contribution in [0.15, 0.2) is 36.4 Å². The Kier molecular flexibility index (Phi) is 3.22. The smallest absolute Gasteiger partial charge is 0.0161 e. The molecule has 1 nitrogen and oxygen atoms in total. The monoisotopic (exact) mass is 201 g/mol. The van der Waals surface area contributed by atoms with Gasteiger partial charge in [0.15, 0.2) is 0 Å². The van der Waals surface area contributed by atoms with Crippen molar-refractivity contribution < 1.29 is 0 Å². The zero-order chi connectivity index (χ0) is 10.7. The van der Waals surface area contributed by atoms with Crippen molar-refractivity contribution in [1.29, 1.82) is 0 Å². The van der Waals surface area contributed by atoms with E-state index in [1.54, 1.807) is 0 Å². The summed E-state index contributed by atoms with van der Waals surface area (Å²) >= 11 is 0. The first kappa shape index (κ1) is 10.4. The Hall–Kier alpha value is -1.08. The van der Waals surface area contributed by atoms with Crippen molar-refractivity contribution in [2.24, 2.45) is 0 Å². The molecule has 0 spiro atoms. The molecule has 0 aliphatic heterocycles. The molecule has 0 aromatic heterocycles. The lowest BCUT2D eigenvalue weighted by Gasteiger charge is -2.25. The number of nitrogens with one attached hydrogen (secondary N) is 1. The second-order valence-corrected chi connectivity index (χ2v) is 4.55. The molecular formula is C14H19N. The number of rotatable bonds is 3. The van der Waals surface area contributed by atoms with E-state index in [2.05, 4.69) is 43.1 Å². The fourth-order valence-electron chi connectivity index (χ4n) is 2.19. The van der Waals surface area contributed by atoms with Crippen molar-refractivity contribution in [3.63, 3.8) is 0 Å². The molecule has 0 heterocycles.